The number of hydrogen-bond acceptors (Lipinski definition) is 3. The van der Waals surface area contributed by atoms with E-state index in [4.69, 9.17) is 0 Å². The zero-order valence-electron chi connectivity index (χ0n) is 10.9. The molecule has 4 nitrogen and oxygen atoms in total. The highest BCUT2D eigenvalue weighted by Gasteiger charge is 2.40. The number of hydrogen-bond donors (Lipinski definition) is 1. The molecule has 2 saturated heterocycles. The summed E-state index contributed by atoms with van der Waals surface area (Å²) in [6.45, 7) is 6.66. The third-order valence-corrected chi connectivity index (χ3v) is 6.47. The molecule has 1 N–H and O–H groups in total. The molecule has 1 unspecified atom stereocenters. The van der Waals surface area contributed by atoms with Crippen molar-refractivity contribution in [2.24, 2.45) is 5.92 Å². The number of nitrogens with one attached hydrogen (secondary N) is 1. The van der Waals surface area contributed by atoms with Crippen LogP contribution in [-0.4, -0.2) is 43.6 Å². The highest BCUT2D eigenvalue weighted by Crippen LogP contribution is 2.30. The van der Waals surface area contributed by atoms with Gasteiger partial charge >= 0.3 is 0 Å². The van der Waals surface area contributed by atoms with Crippen LogP contribution in [0.15, 0.2) is 0 Å². The van der Waals surface area contributed by atoms with E-state index in [-0.39, 0.29) is 11.3 Å². The molecule has 2 rings (SSSR count). The maximum Gasteiger partial charge on any atom is 0.217 e. The lowest BCUT2D eigenvalue weighted by Gasteiger charge is -2.32. The van der Waals surface area contributed by atoms with Gasteiger partial charge in [0.05, 0.1) is 5.25 Å². The largest absolute Gasteiger partial charge is 0.317 e. The van der Waals surface area contributed by atoms with Crippen LogP contribution in [0.3, 0.4) is 0 Å². The van der Waals surface area contributed by atoms with Crippen molar-refractivity contribution in [3.05, 3.63) is 0 Å². The van der Waals surface area contributed by atoms with Gasteiger partial charge in [-0.05, 0) is 44.7 Å². The molecule has 0 bridgehead atoms. The maximum atomic E-state index is 12.6. The molecule has 5 heteroatoms. The molecule has 17 heavy (non-hydrogen) atoms. The van der Waals surface area contributed by atoms with Crippen LogP contribution in [-0.2, 0) is 10.0 Å². The molecule has 0 amide bonds. The summed E-state index contributed by atoms with van der Waals surface area (Å²) >= 11 is 0. The van der Waals surface area contributed by atoms with Crippen molar-refractivity contribution in [1.29, 1.82) is 0 Å². The summed E-state index contributed by atoms with van der Waals surface area (Å²) in [7, 11) is -3.06. The van der Waals surface area contributed by atoms with E-state index in [2.05, 4.69) is 19.2 Å². The van der Waals surface area contributed by atoms with E-state index < -0.39 is 10.0 Å². The first kappa shape index (κ1) is 13.3. The standard InChI is InChI=1S/C12H24N2O2S/c1-10(2)12-4-3-9-14(12)17(15,16)11-5-7-13-8-6-11/h10-13H,3-9H2,1-2H3. The highest BCUT2D eigenvalue weighted by molar-refractivity contribution is 7.89. The molecule has 100 valence electrons. The first-order valence-corrected chi connectivity index (χ1v) is 8.25. The van der Waals surface area contributed by atoms with E-state index in [0.29, 0.717) is 5.92 Å². The predicted molar refractivity (Wildman–Crippen MR) is 69.4 cm³/mol. The van der Waals surface area contributed by atoms with Crippen LogP contribution in [0.2, 0.25) is 0 Å². The molecule has 0 spiro atoms. The summed E-state index contributed by atoms with van der Waals surface area (Å²) < 4.78 is 27.0. The first-order valence-electron chi connectivity index (χ1n) is 6.75. The van der Waals surface area contributed by atoms with Crippen LogP contribution in [0, 0.1) is 5.92 Å². The van der Waals surface area contributed by atoms with Crippen LogP contribution in [0.4, 0.5) is 0 Å². The lowest BCUT2D eigenvalue weighted by molar-refractivity contribution is 0.308. The van der Waals surface area contributed by atoms with Gasteiger partial charge in [0.2, 0.25) is 10.0 Å². The van der Waals surface area contributed by atoms with Crippen LogP contribution < -0.4 is 5.32 Å². The van der Waals surface area contributed by atoms with Gasteiger partial charge in [0.1, 0.15) is 0 Å². The first-order chi connectivity index (χ1) is 8.03. The molecule has 0 aromatic heterocycles. The van der Waals surface area contributed by atoms with Gasteiger partial charge < -0.3 is 5.32 Å². The molecule has 0 aromatic carbocycles. The monoisotopic (exact) mass is 260 g/mol. The molecular formula is C12H24N2O2S. The van der Waals surface area contributed by atoms with Gasteiger partial charge in [0.25, 0.3) is 0 Å². The van der Waals surface area contributed by atoms with Crippen molar-refractivity contribution in [1.82, 2.24) is 9.62 Å². The SMILES string of the molecule is CC(C)C1CCCN1S(=O)(=O)C1CCNCC1. The lowest BCUT2D eigenvalue weighted by Crippen LogP contribution is -2.47. The molecular weight excluding hydrogens is 236 g/mol. The Kier molecular flexibility index (Phi) is 4.10. The minimum Gasteiger partial charge on any atom is -0.317 e. The van der Waals surface area contributed by atoms with Crippen LogP contribution in [0.25, 0.3) is 0 Å². The van der Waals surface area contributed by atoms with E-state index >= 15 is 0 Å². The summed E-state index contributed by atoms with van der Waals surface area (Å²) in [5, 5.41) is 3.08. The summed E-state index contributed by atoms with van der Waals surface area (Å²) in [5.41, 5.74) is 0. The Bertz CT molecular complexity index is 348. The number of sulfonamides is 1. The van der Waals surface area contributed by atoms with E-state index in [1.165, 1.54) is 0 Å². The van der Waals surface area contributed by atoms with Crippen molar-refractivity contribution >= 4 is 10.0 Å². The molecule has 2 heterocycles. The molecule has 2 aliphatic rings. The Morgan fingerprint density at radius 2 is 1.82 bits per heavy atom. The molecule has 1 atom stereocenters. The van der Waals surface area contributed by atoms with Gasteiger partial charge in [0.15, 0.2) is 0 Å². The van der Waals surface area contributed by atoms with Crippen LogP contribution >= 0.6 is 0 Å². The smallest absolute Gasteiger partial charge is 0.217 e. The Morgan fingerprint density at radius 3 is 2.41 bits per heavy atom. The molecule has 0 aromatic rings. The van der Waals surface area contributed by atoms with Crippen molar-refractivity contribution in [2.45, 2.75) is 50.8 Å². The summed E-state index contributed by atoms with van der Waals surface area (Å²) in [6.07, 6.45) is 3.59. The van der Waals surface area contributed by atoms with Crippen molar-refractivity contribution in [3.63, 3.8) is 0 Å². The van der Waals surface area contributed by atoms with E-state index in [1.54, 1.807) is 4.31 Å². The quantitative estimate of drug-likeness (QED) is 0.829. The van der Waals surface area contributed by atoms with Crippen molar-refractivity contribution in [3.8, 4) is 0 Å². The minimum atomic E-state index is -3.06. The van der Waals surface area contributed by atoms with Gasteiger partial charge in [0, 0.05) is 12.6 Å². The lowest BCUT2D eigenvalue weighted by atomic mass is 10.0. The molecule has 0 aliphatic carbocycles. The Balaban J connectivity index is 2.13. The summed E-state index contributed by atoms with van der Waals surface area (Å²) in [6, 6.07) is 0.231. The molecule has 2 aliphatic heterocycles. The normalized spacial score (nSPS) is 29.0. The fourth-order valence-electron chi connectivity index (χ4n) is 3.03. The predicted octanol–water partition coefficient (Wildman–Crippen LogP) is 1.19. The zero-order chi connectivity index (χ0) is 12.5. The molecule has 0 saturated carbocycles. The molecule has 2 fully saturated rings. The number of rotatable bonds is 3. The third kappa shape index (κ3) is 2.66. The van der Waals surface area contributed by atoms with Gasteiger partial charge in [-0.2, -0.15) is 4.31 Å². The van der Waals surface area contributed by atoms with Crippen molar-refractivity contribution in [2.75, 3.05) is 19.6 Å². The minimum absolute atomic E-state index is 0.150. The van der Waals surface area contributed by atoms with Crippen LogP contribution in [0.1, 0.15) is 39.5 Å². The Hall–Kier alpha value is -0.130. The van der Waals surface area contributed by atoms with Gasteiger partial charge in [-0.3, -0.25) is 0 Å². The summed E-state index contributed by atoms with van der Waals surface area (Å²) in [5.74, 6) is 0.425. The second kappa shape index (κ2) is 5.24. The Labute approximate surface area is 105 Å². The topological polar surface area (TPSA) is 49.4 Å². The zero-order valence-corrected chi connectivity index (χ0v) is 11.7. The number of piperidine rings is 1. The number of nitrogens with zero attached hydrogens (tertiary/aromatic N) is 1. The maximum absolute atomic E-state index is 12.6. The van der Waals surface area contributed by atoms with Crippen LogP contribution in [0.5, 0.6) is 0 Å². The fourth-order valence-corrected chi connectivity index (χ4v) is 5.36. The summed E-state index contributed by atoms with van der Waals surface area (Å²) in [4.78, 5) is 0. The second-order valence-corrected chi connectivity index (χ2v) is 7.72. The molecule has 0 radical (unpaired) electrons. The third-order valence-electron chi connectivity index (χ3n) is 4.05. The van der Waals surface area contributed by atoms with Gasteiger partial charge in [-0.1, -0.05) is 13.8 Å². The Morgan fingerprint density at radius 1 is 1.18 bits per heavy atom. The van der Waals surface area contributed by atoms with E-state index in [1.807, 2.05) is 0 Å². The van der Waals surface area contributed by atoms with E-state index in [9.17, 15) is 8.42 Å². The fraction of sp³-hybridized carbons (Fsp3) is 1.00. The van der Waals surface area contributed by atoms with Crippen molar-refractivity contribution < 1.29 is 8.42 Å². The van der Waals surface area contributed by atoms with Gasteiger partial charge in [-0.15, -0.1) is 0 Å². The average molecular weight is 260 g/mol. The van der Waals surface area contributed by atoms with Gasteiger partial charge in [-0.25, -0.2) is 8.42 Å². The highest BCUT2D eigenvalue weighted by atomic mass is 32.2. The average Bonchev–Trinajstić information content (AvgIpc) is 2.80. The van der Waals surface area contributed by atoms with E-state index in [0.717, 1.165) is 45.3 Å². The second-order valence-electron chi connectivity index (χ2n) is 5.56.